The Kier molecular flexibility index (Phi) is 3.49. The van der Waals surface area contributed by atoms with E-state index in [0.29, 0.717) is 6.61 Å². The van der Waals surface area contributed by atoms with Crippen LogP contribution >= 0.6 is 0 Å². The zero-order valence-electron chi connectivity index (χ0n) is 10.2. The molecule has 94 valence electrons. The van der Waals surface area contributed by atoms with Crippen LogP contribution in [-0.4, -0.2) is 24.0 Å². The third-order valence-corrected chi connectivity index (χ3v) is 2.93. The van der Waals surface area contributed by atoms with E-state index in [4.69, 9.17) is 15.2 Å². The molecule has 1 aromatic rings. The van der Waals surface area contributed by atoms with E-state index in [1.165, 1.54) is 0 Å². The van der Waals surface area contributed by atoms with Crippen LogP contribution in [0.4, 0.5) is 0 Å². The third-order valence-electron chi connectivity index (χ3n) is 2.93. The molecule has 0 aromatic heterocycles. The molecule has 0 bridgehead atoms. The summed E-state index contributed by atoms with van der Waals surface area (Å²) in [7, 11) is 0. The van der Waals surface area contributed by atoms with Gasteiger partial charge < -0.3 is 20.3 Å². The van der Waals surface area contributed by atoms with Gasteiger partial charge in [-0.3, -0.25) is 0 Å². The van der Waals surface area contributed by atoms with Gasteiger partial charge in [-0.15, -0.1) is 0 Å². The Hall–Kier alpha value is -0.940. The summed E-state index contributed by atoms with van der Waals surface area (Å²) in [5.74, 6) is -0.564. The second-order valence-electron chi connectivity index (χ2n) is 4.70. The van der Waals surface area contributed by atoms with Gasteiger partial charge in [-0.1, -0.05) is 24.3 Å². The van der Waals surface area contributed by atoms with E-state index in [-0.39, 0.29) is 12.6 Å². The fourth-order valence-corrected chi connectivity index (χ4v) is 2.07. The standard InChI is InChI=1S/C13H19NO3/c1-13(2)16-8-12(17-13)10-6-4-3-5-9(10)11(15)7-14/h3-6,11-12,15H,7-8,14H2,1-2H3. The predicted octanol–water partition coefficient (Wildman–Crippen LogP) is 1.50. The molecule has 1 aliphatic heterocycles. The van der Waals surface area contributed by atoms with Crippen LogP contribution in [0.25, 0.3) is 0 Å². The van der Waals surface area contributed by atoms with E-state index in [1.807, 2.05) is 38.1 Å². The monoisotopic (exact) mass is 237 g/mol. The smallest absolute Gasteiger partial charge is 0.163 e. The van der Waals surface area contributed by atoms with Crippen LogP contribution in [0.1, 0.15) is 37.2 Å². The Morgan fingerprint density at radius 1 is 1.47 bits per heavy atom. The first-order chi connectivity index (χ1) is 8.03. The second kappa shape index (κ2) is 4.74. The van der Waals surface area contributed by atoms with Crippen molar-refractivity contribution in [1.82, 2.24) is 0 Å². The van der Waals surface area contributed by atoms with Crippen molar-refractivity contribution in [3.8, 4) is 0 Å². The Balaban J connectivity index is 2.27. The van der Waals surface area contributed by atoms with Crippen LogP contribution in [0.5, 0.6) is 0 Å². The zero-order chi connectivity index (χ0) is 12.5. The van der Waals surface area contributed by atoms with E-state index in [9.17, 15) is 5.11 Å². The second-order valence-corrected chi connectivity index (χ2v) is 4.70. The maximum Gasteiger partial charge on any atom is 0.163 e. The van der Waals surface area contributed by atoms with Crippen molar-refractivity contribution < 1.29 is 14.6 Å². The Bertz CT molecular complexity index is 392. The first-order valence-corrected chi connectivity index (χ1v) is 5.82. The van der Waals surface area contributed by atoms with Gasteiger partial charge in [0, 0.05) is 6.54 Å². The van der Waals surface area contributed by atoms with Gasteiger partial charge in [-0.2, -0.15) is 0 Å². The van der Waals surface area contributed by atoms with E-state index in [1.54, 1.807) is 0 Å². The highest BCUT2D eigenvalue weighted by Crippen LogP contribution is 2.35. The Morgan fingerprint density at radius 3 is 2.76 bits per heavy atom. The molecule has 1 aromatic carbocycles. The minimum atomic E-state index is -0.654. The number of rotatable bonds is 3. The highest BCUT2D eigenvalue weighted by molar-refractivity contribution is 5.31. The average Bonchev–Trinajstić information content (AvgIpc) is 2.68. The number of aliphatic hydroxyl groups excluding tert-OH is 1. The molecule has 0 aliphatic carbocycles. The summed E-state index contributed by atoms with van der Waals surface area (Å²) in [5, 5.41) is 9.88. The highest BCUT2D eigenvalue weighted by atomic mass is 16.7. The van der Waals surface area contributed by atoms with Gasteiger partial charge in [-0.05, 0) is 25.0 Å². The fraction of sp³-hybridized carbons (Fsp3) is 0.538. The highest BCUT2D eigenvalue weighted by Gasteiger charge is 2.34. The van der Waals surface area contributed by atoms with Gasteiger partial charge >= 0.3 is 0 Å². The number of hydrogen-bond acceptors (Lipinski definition) is 4. The van der Waals surface area contributed by atoms with Crippen LogP contribution < -0.4 is 5.73 Å². The summed E-state index contributed by atoms with van der Waals surface area (Å²) in [6, 6.07) is 7.64. The van der Waals surface area contributed by atoms with Gasteiger partial charge in [0.25, 0.3) is 0 Å². The van der Waals surface area contributed by atoms with Crippen LogP contribution in [0.15, 0.2) is 24.3 Å². The summed E-state index contributed by atoms with van der Waals surface area (Å²) in [4.78, 5) is 0. The molecule has 0 saturated carbocycles. The number of nitrogens with two attached hydrogens (primary N) is 1. The van der Waals surface area contributed by atoms with Crippen molar-refractivity contribution in [2.45, 2.75) is 31.8 Å². The summed E-state index contributed by atoms with van der Waals surface area (Å²) in [5.41, 5.74) is 7.28. The summed E-state index contributed by atoms with van der Waals surface area (Å²) < 4.78 is 11.3. The molecule has 1 heterocycles. The molecule has 0 spiro atoms. The van der Waals surface area contributed by atoms with Crippen LogP contribution in [0.2, 0.25) is 0 Å². The molecule has 2 rings (SSSR count). The molecule has 2 atom stereocenters. The van der Waals surface area contributed by atoms with Gasteiger partial charge in [0.05, 0.1) is 12.7 Å². The largest absolute Gasteiger partial charge is 0.387 e. The lowest BCUT2D eigenvalue weighted by Gasteiger charge is -2.20. The van der Waals surface area contributed by atoms with Crippen LogP contribution in [0.3, 0.4) is 0 Å². The lowest BCUT2D eigenvalue weighted by atomic mass is 9.98. The zero-order valence-corrected chi connectivity index (χ0v) is 10.2. The Labute approximate surface area is 101 Å². The van der Waals surface area contributed by atoms with Crippen molar-refractivity contribution in [2.75, 3.05) is 13.2 Å². The van der Waals surface area contributed by atoms with Crippen LogP contribution in [-0.2, 0) is 9.47 Å². The molecule has 17 heavy (non-hydrogen) atoms. The van der Waals surface area contributed by atoms with Crippen molar-refractivity contribution in [1.29, 1.82) is 0 Å². The fourth-order valence-electron chi connectivity index (χ4n) is 2.07. The molecule has 1 saturated heterocycles. The van der Waals surface area contributed by atoms with Crippen molar-refractivity contribution in [3.63, 3.8) is 0 Å². The van der Waals surface area contributed by atoms with Crippen LogP contribution in [0, 0.1) is 0 Å². The van der Waals surface area contributed by atoms with Crippen molar-refractivity contribution in [3.05, 3.63) is 35.4 Å². The first-order valence-electron chi connectivity index (χ1n) is 5.82. The normalized spacial score (nSPS) is 24.8. The molecule has 1 aliphatic rings. The van der Waals surface area contributed by atoms with E-state index in [0.717, 1.165) is 11.1 Å². The Morgan fingerprint density at radius 2 is 2.18 bits per heavy atom. The van der Waals surface area contributed by atoms with E-state index in [2.05, 4.69) is 0 Å². The molecular formula is C13H19NO3. The number of hydrogen-bond donors (Lipinski definition) is 2. The lowest BCUT2D eigenvalue weighted by molar-refractivity contribution is -0.139. The van der Waals surface area contributed by atoms with Gasteiger partial charge in [0.2, 0.25) is 0 Å². The maximum absolute atomic E-state index is 9.88. The quantitative estimate of drug-likeness (QED) is 0.836. The number of ether oxygens (including phenoxy) is 2. The summed E-state index contributed by atoms with van der Waals surface area (Å²) in [6.07, 6.45) is -0.791. The van der Waals surface area contributed by atoms with Gasteiger partial charge in [0.1, 0.15) is 6.10 Å². The van der Waals surface area contributed by atoms with Gasteiger partial charge in [0.15, 0.2) is 5.79 Å². The number of aliphatic hydroxyl groups is 1. The molecule has 2 unspecified atom stereocenters. The van der Waals surface area contributed by atoms with Gasteiger partial charge in [-0.25, -0.2) is 0 Å². The molecular weight excluding hydrogens is 218 g/mol. The van der Waals surface area contributed by atoms with Crippen molar-refractivity contribution in [2.24, 2.45) is 5.73 Å². The molecule has 1 fully saturated rings. The topological polar surface area (TPSA) is 64.7 Å². The van der Waals surface area contributed by atoms with E-state index >= 15 is 0 Å². The van der Waals surface area contributed by atoms with E-state index < -0.39 is 11.9 Å². The number of benzene rings is 1. The summed E-state index contributed by atoms with van der Waals surface area (Å²) in [6.45, 7) is 4.47. The minimum absolute atomic E-state index is 0.137. The third kappa shape index (κ3) is 2.66. The molecule has 3 N–H and O–H groups in total. The van der Waals surface area contributed by atoms with Crippen molar-refractivity contribution >= 4 is 0 Å². The minimum Gasteiger partial charge on any atom is -0.387 e. The lowest BCUT2D eigenvalue weighted by Crippen LogP contribution is -2.20. The molecule has 0 amide bonds. The molecule has 4 nitrogen and oxygen atoms in total. The first kappa shape index (κ1) is 12.5. The average molecular weight is 237 g/mol. The predicted molar refractivity (Wildman–Crippen MR) is 64.3 cm³/mol. The molecule has 0 radical (unpaired) electrons. The SMILES string of the molecule is CC1(C)OCC(c2ccccc2C(O)CN)O1. The maximum atomic E-state index is 9.88. The molecule has 4 heteroatoms. The summed E-state index contributed by atoms with van der Waals surface area (Å²) >= 11 is 0.